The van der Waals surface area contributed by atoms with Gasteiger partial charge in [0.2, 0.25) is 0 Å². The quantitative estimate of drug-likeness (QED) is 0.206. The smallest absolute Gasteiger partial charge is 0.270 e. The number of thiocarbonyl (C=S) groups is 1. The van der Waals surface area contributed by atoms with Gasteiger partial charge in [0.25, 0.3) is 5.91 Å². The SMILES string of the molecule is CCOc1cc(/C=C2\SC(=S)N(c3ccc(C)cc3C)C2=O)cc(Br)c1OCc1ccccc1Cl. The molecule has 1 fully saturated rings. The van der Waals surface area contributed by atoms with Gasteiger partial charge in [-0.2, -0.15) is 0 Å². The first-order valence-electron chi connectivity index (χ1n) is 11.0. The van der Waals surface area contributed by atoms with Gasteiger partial charge >= 0.3 is 0 Å². The Morgan fingerprint density at radius 3 is 2.60 bits per heavy atom. The molecule has 0 radical (unpaired) electrons. The fourth-order valence-electron chi connectivity index (χ4n) is 3.72. The summed E-state index contributed by atoms with van der Waals surface area (Å²) in [5.74, 6) is 1.01. The maximum Gasteiger partial charge on any atom is 0.270 e. The van der Waals surface area contributed by atoms with Gasteiger partial charge in [0, 0.05) is 10.6 Å². The molecule has 4 rings (SSSR count). The predicted molar refractivity (Wildman–Crippen MR) is 153 cm³/mol. The second-order valence-electron chi connectivity index (χ2n) is 7.95. The number of aryl methyl sites for hydroxylation is 2. The van der Waals surface area contributed by atoms with E-state index in [1.165, 1.54) is 11.8 Å². The van der Waals surface area contributed by atoms with Crippen molar-refractivity contribution >= 4 is 73.5 Å². The predicted octanol–water partition coefficient (Wildman–Crippen LogP) is 8.10. The van der Waals surface area contributed by atoms with E-state index in [0.717, 1.165) is 27.9 Å². The molecular formula is C27H23BrClNO3S2. The van der Waals surface area contributed by atoms with Crippen LogP contribution in [0.4, 0.5) is 5.69 Å². The zero-order valence-electron chi connectivity index (χ0n) is 19.4. The molecule has 0 spiro atoms. The maximum atomic E-state index is 13.3. The summed E-state index contributed by atoms with van der Waals surface area (Å²) in [6, 6.07) is 17.3. The summed E-state index contributed by atoms with van der Waals surface area (Å²) in [5.41, 5.74) is 4.62. The highest BCUT2D eigenvalue weighted by Crippen LogP contribution is 2.41. The zero-order chi connectivity index (χ0) is 25.1. The van der Waals surface area contributed by atoms with E-state index in [4.69, 9.17) is 33.3 Å². The molecule has 1 aliphatic heterocycles. The fourth-order valence-corrected chi connectivity index (χ4v) is 5.77. The first-order chi connectivity index (χ1) is 16.8. The Balaban J connectivity index is 1.62. The lowest BCUT2D eigenvalue weighted by molar-refractivity contribution is -0.113. The van der Waals surface area contributed by atoms with Gasteiger partial charge in [-0.25, -0.2) is 0 Å². The summed E-state index contributed by atoms with van der Waals surface area (Å²) in [7, 11) is 0. The molecule has 0 N–H and O–H groups in total. The van der Waals surface area contributed by atoms with E-state index in [1.807, 2.05) is 81.4 Å². The summed E-state index contributed by atoms with van der Waals surface area (Å²) in [4.78, 5) is 15.4. The normalized spacial score (nSPS) is 14.7. The molecule has 0 aromatic heterocycles. The molecule has 180 valence electrons. The van der Waals surface area contributed by atoms with E-state index in [0.29, 0.717) is 43.4 Å². The van der Waals surface area contributed by atoms with Gasteiger partial charge in [-0.3, -0.25) is 9.69 Å². The molecule has 1 heterocycles. The van der Waals surface area contributed by atoms with Crippen molar-refractivity contribution in [3.8, 4) is 11.5 Å². The monoisotopic (exact) mass is 587 g/mol. The van der Waals surface area contributed by atoms with Gasteiger partial charge in [0.05, 0.1) is 21.7 Å². The Labute approximate surface area is 228 Å². The van der Waals surface area contributed by atoms with Crippen LogP contribution in [0.2, 0.25) is 5.02 Å². The average Bonchev–Trinajstić information content (AvgIpc) is 3.07. The Hall–Kier alpha value is -2.32. The largest absolute Gasteiger partial charge is 0.490 e. The molecule has 1 saturated heterocycles. The van der Waals surface area contributed by atoms with Crippen LogP contribution >= 0.6 is 51.5 Å². The maximum absolute atomic E-state index is 13.3. The molecular weight excluding hydrogens is 566 g/mol. The number of rotatable bonds is 7. The molecule has 0 aliphatic carbocycles. The third-order valence-corrected chi connectivity index (χ3v) is 7.61. The Morgan fingerprint density at radius 1 is 1.11 bits per heavy atom. The molecule has 0 bridgehead atoms. The topological polar surface area (TPSA) is 38.8 Å². The van der Waals surface area contributed by atoms with Crippen molar-refractivity contribution in [2.75, 3.05) is 11.5 Å². The lowest BCUT2D eigenvalue weighted by Crippen LogP contribution is -2.28. The number of anilines is 1. The molecule has 3 aromatic rings. The van der Waals surface area contributed by atoms with Gasteiger partial charge in [0.1, 0.15) is 6.61 Å². The van der Waals surface area contributed by atoms with Crippen molar-refractivity contribution in [3.05, 3.63) is 91.3 Å². The van der Waals surface area contributed by atoms with E-state index in [-0.39, 0.29) is 5.91 Å². The van der Waals surface area contributed by atoms with Crippen molar-refractivity contribution in [2.24, 2.45) is 0 Å². The van der Waals surface area contributed by atoms with Crippen molar-refractivity contribution in [2.45, 2.75) is 27.4 Å². The highest BCUT2D eigenvalue weighted by atomic mass is 79.9. The molecule has 1 aliphatic rings. The number of amides is 1. The van der Waals surface area contributed by atoms with Crippen molar-refractivity contribution < 1.29 is 14.3 Å². The zero-order valence-corrected chi connectivity index (χ0v) is 23.4. The van der Waals surface area contributed by atoms with Gasteiger partial charge in [0.15, 0.2) is 15.8 Å². The highest BCUT2D eigenvalue weighted by Gasteiger charge is 2.34. The van der Waals surface area contributed by atoms with Crippen LogP contribution in [0.5, 0.6) is 11.5 Å². The minimum atomic E-state index is -0.139. The summed E-state index contributed by atoms with van der Waals surface area (Å²) in [6.07, 6.45) is 1.83. The summed E-state index contributed by atoms with van der Waals surface area (Å²) in [6.45, 7) is 6.68. The first kappa shape index (κ1) is 25.8. The number of carbonyl (C=O) groups is 1. The number of ether oxygens (including phenoxy) is 2. The minimum Gasteiger partial charge on any atom is -0.490 e. The van der Waals surface area contributed by atoms with Gasteiger partial charge < -0.3 is 9.47 Å². The van der Waals surface area contributed by atoms with E-state index in [2.05, 4.69) is 15.9 Å². The number of hydrogen-bond donors (Lipinski definition) is 0. The second kappa shape index (κ2) is 11.2. The van der Waals surface area contributed by atoms with E-state index in [1.54, 1.807) is 4.90 Å². The van der Waals surface area contributed by atoms with E-state index < -0.39 is 0 Å². The molecule has 8 heteroatoms. The molecule has 0 atom stereocenters. The van der Waals surface area contributed by atoms with Crippen LogP contribution in [0.3, 0.4) is 0 Å². The fraction of sp³-hybridized carbons (Fsp3) is 0.185. The summed E-state index contributed by atoms with van der Waals surface area (Å²) >= 11 is 16.7. The Kier molecular flexibility index (Phi) is 8.22. The van der Waals surface area contributed by atoms with Gasteiger partial charge in [-0.15, -0.1) is 0 Å². The molecule has 35 heavy (non-hydrogen) atoms. The third-order valence-electron chi connectivity index (χ3n) is 5.35. The molecule has 1 amide bonds. The lowest BCUT2D eigenvalue weighted by Gasteiger charge is -2.17. The molecule has 3 aromatic carbocycles. The third kappa shape index (κ3) is 5.75. The number of thioether (sulfide) groups is 1. The van der Waals surface area contributed by atoms with Crippen molar-refractivity contribution in [3.63, 3.8) is 0 Å². The van der Waals surface area contributed by atoms with Gasteiger partial charge in [-0.1, -0.05) is 71.5 Å². The van der Waals surface area contributed by atoms with Crippen molar-refractivity contribution in [1.29, 1.82) is 0 Å². The number of nitrogens with zero attached hydrogens (tertiary/aromatic N) is 1. The standard InChI is InChI=1S/C27H23BrClNO3S2/c1-4-32-23-13-18(12-20(28)25(23)33-15-19-7-5-6-8-21(19)29)14-24-26(31)30(27(34)35-24)22-10-9-16(2)11-17(22)3/h5-14H,4,15H2,1-3H3/b24-14-. The minimum absolute atomic E-state index is 0.139. The Morgan fingerprint density at radius 2 is 1.89 bits per heavy atom. The van der Waals surface area contributed by atoms with Crippen LogP contribution in [0.15, 0.2) is 64.0 Å². The summed E-state index contributed by atoms with van der Waals surface area (Å²) in [5, 5.41) is 0.643. The number of hydrogen-bond acceptors (Lipinski definition) is 5. The van der Waals surface area contributed by atoms with Crippen LogP contribution < -0.4 is 14.4 Å². The van der Waals surface area contributed by atoms with Crippen LogP contribution in [-0.2, 0) is 11.4 Å². The number of carbonyl (C=O) groups excluding carboxylic acids is 1. The molecule has 0 unspecified atom stereocenters. The van der Waals surface area contributed by atoms with E-state index >= 15 is 0 Å². The van der Waals surface area contributed by atoms with Crippen molar-refractivity contribution in [1.82, 2.24) is 0 Å². The summed E-state index contributed by atoms with van der Waals surface area (Å²) < 4.78 is 13.2. The first-order valence-corrected chi connectivity index (χ1v) is 13.4. The van der Waals surface area contributed by atoms with E-state index in [9.17, 15) is 4.79 Å². The molecule has 0 saturated carbocycles. The lowest BCUT2D eigenvalue weighted by atomic mass is 10.1. The number of benzene rings is 3. The van der Waals surface area contributed by atoms with Crippen LogP contribution in [0.25, 0.3) is 6.08 Å². The molecule has 4 nitrogen and oxygen atoms in total. The van der Waals surface area contributed by atoms with Gasteiger partial charge in [-0.05, 0) is 78.2 Å². The van der Waals surface area contributed by atoms with Crippen LogP contribution in [0, 0.1) is 13.8 Å². The average molecular weight is 589 g/mol. The highest BCUT2D eigenvalue weighted by molar-refractivity contribution is 9.10. The second-order valence-corrected chi connectivity index (χ2v) is 10.9. The van der Waals surface area contributed by atoms with Crippen LogP contribution in [0.1, 0.15) is 29.2 Å². The Bertz CT molecular complexity index is 1340. The van der Waals surface area contributed by atoms with Crippen LogP contribution in [-0.4, -0.2) is 16.8 Å². The number of halogens is 2.